The third kappa shape index (κ3) is 14.1. The largest absolute Gasteiger partial charge is 0.411 e. The zero-order valence-electron chi connectivity index (χ0n) is 43.3. The van der Waals surface area contributed by atoms with Crippen LogP contribution in [0, 0.1) is 0 Å². The van der Waals surface area contributed by atoms with Gasteiger partial charge in [-0.2, -0.15) is 0 Å². The molecule has 2 heterocycles. The maximum atomic E-state index is 12.6. The lowest BCUT2D eigenvalue weighted by atomic mass is 10.0. The fourth-order valence-corrected chi connectivity index (χ4v) is 26.4. The lowest BCUT2D eigenvalue weighted by Gasteiger charge is -2.43. The number of aliphatic hydroxyl groups excluding tert-OH is 2. The van der Waals surface area contributed by atoms with Crippen molar-refractivity contribution in [3.63, 3.8) is 0 Å². The summed E-state index contributed by atoms with van der Waals surface area (Å²) < 4.78 is 15.4. The molecule has 9 rings (SSSR count). The van der Waals surface area contributed by atoms with Crippen LogP contribution in [0.3, 0.4) is 0 Å². The molecule has 2 aliphatic heterocycles. The number of benzene rings is 7. The fourth-order valence-electron chi connectivity index (χ4n) is 8.99. The van der Waals surface area contributed by atoms with Gasteiger partial charge in [-0.3, -0.25) is 29.2 Å². The summed E-state index contributed by atoms with van der Waals surface area (Å²) in [6.07, 6.45) is 0. The Morgan fingerprint density at radius 3 is 0.825 bits per heavy atom. The molecule has 21 heteroatoms. The molecule has 12 nitrogen and oxygen atoms in total. The van der Waals surface area contributed by atoms with Gasteiger partial charge in [0.25, 0.3) is 11.8 Å². The highest BCUT2D eigenvalue weighted by molar-refractivity contribution is 7.69. The van der Waals surface area contributed by atoms with Crippen LogP contribution in [-0.4, -0.2) is 128 Å². The number of carbonyl (C=O) groups excluding carboxylic acids is 4. The van der Waals surface area contributed by atoms with E-state index in [9.17, 15) is 19.2 Å². The van der Waals surface area contributed by atoms with E-state index in [0.29, 0.717) is 0 Å². The summed E-state index contributed by atoms with van der Waals surface area (Å²) in [7, 11) is -10.6. The second-order valence-electron chi connectivity index (χ2n) is 19.1. The lowest BCUT2D eigenvalue weighted by molar-refractivity contribution is -0.133. The number of carbonyl (C=O) groups is 4. The summed E-state index contributed by atoms with van der Waals surface area (Å²) in [5.41, 5.74) is -2.42. The summed E-state index contributed by atoms with van der Waals surface area (Å²) in [6, 6.07) is 66.4. The number of hydrogen-bond donors (Lipinski definition) is 2. The summed E-state index contributed by atoms with van der Waals surface area (Å²) in [5.74, 6) is -0.955. The number of amides is 6. The number of urea groups is 2. The molecule has 0 unspecified atom stereocenters. The van der Waals surface area contributed by atoms with Crippen LogP contribution < -0.4 is 36.3 Å². The number of imide groups is 2. The first kappa shape index (κ1) is 65.4. The SMILES string of the molecule is C.C.CC1(C)C(=O)N(CCO)C(=O)N1CN1C(=O)N(CCO)C(=O)C1(C)C.Cl[Si](Cl)(Cl)c1ccccc1.Cl[Si](O[Si](O[Si](Cl)(c1ccccc1)c1ccccc1)(c1ccccc1)c1ccccc1)(c1ccccc1)c1ccccc1. The van der Waals surface area contributed by atoms with Crippen molar-refractivity contribution < 1.29 is 37.6 Å². The zero-order chi connectivity index (χ0) is 56.4. The maximum Gasteiger partial charge on any atom is 0.388 e. The molecule has 0 radical (unpaired) electrons. The lowest BCUT2D eigenvalue weighted by Crippen LogP contribution is -2.77. The van der Waals surface area contributed by atoms with Gasteiger partial charge in [-0.1, -0.05) is 227 Å². The van der Waals surface area contributed by atoms with E-state index in [1.54, 1.807) is 27.7 Å². The highest BCUT2D eigenvalue weighted by Gasteiger charge is 2.59. The highest BCUT2D eigenvalue weighted by atomic mass is 35.8. The Morgan fingerprint density at radius 2 is 0.613 bits per heavy atom. The Morgan fingerprint density at radius 1 is 0.388 bits per heavy atom. The standard InChI is InChI=1S/C36H30Cl2O2Si3.C15H24N4O6.C6H5Cl3Si.2CH4/c37-41(31-19-7-1-8-20-31,32-21-9-2-10-22-32)39-43(35-27-15-5-16-28-35,36-29-17-6-18-30-36)40-42(38,33-23-11-3-12-24-33)34-25-13-4-14-26-34;1-14(2)10(22)16(5-7-20)12(24)18(14)9-19-13(25)17(6-8-21)11(23)15(19,3)4;7-10(8,9)6-4-2-1-3-5-6;;/h1-30H;20-21H,5-9H2,1-4H3;1-5H;2*1H4. The number of β-amino-alcohol motifs (C(OH)–C–C–N with tert-alkyl or cyclic N) is 2. The Hall–Kier alpha value is -5.42. The van der Waals surface area contributed by atoms with Crippen LogP contribution in [0.2, 0.25) is 0 Å². The molecule has 2 fully saturated rings. The number of aliphatic hydroxyl groups is 2. The molecule has 0 bridgehead atoms. The Labute approximate surface area is 498 Å². The summed E-state index contributed by atoms with van der Waals surface area (Å²) in [4.78, 5) is 54.2. The van der Waals surface area contributed by atoms with E-state index in [1.165, 1.54) is 9.80 Å². The molecule has 0 aromatic heterocycles. The van der Waals surface area contributed by atoms with Gasteiger partial charge in [0.15, 0.2) is 0 Å². The van der Waals surface area contributed by atoms with Crippen molar-refractivity contribution in [1.29, 1.82) is 0 Å². The van der Waals surface area contributed by atoms with Crippen LogP contribution in [0.5, 0.6) is 0 Å². The third-order valence-electron chi connectivity index (χ3n) is 13.3. The van der Waals surface area contributed by atoms with E-state index < -0.39 is 64.8 Å². The van der Waals surface area contributed by atoms with Crippen molar-refractivity contribution in [2.45, 2.75) is 53.6 Å². The predicted octanol–water partition coefficient (Wildman–Crippen LogP) is 8.10. The fraction of sp³-hybridized carbons (Fsp3) is 0.220. The first-order valence-corrected chi connectivity index (χ1v) is 37.6. The number of nitrogens with zero attached hydrogens (tertiary/aromatic N) is 4. The molecule has 7 aromatic rings. The first-order chi connectivity index (χ1) is 37.2. The number of rotatable bonds is 17. The van der Waals surface area contributed by atoms with Crippen LogP contribution in [0.1, 0.15) is 42.5 Å². The smallest absolute Gasteiger partial charge is 0.388 e. The second kappa shape index (κ2) is 28.0. The van der Waals surface area contributed by atoms with Gasteiger partial charge in [-0.25, -0.2) is 9.59 Å². The van der Waals surface area contributed by atoms with Crippen molar-refractivity contribution >= 4 is 145 Å². The minimum absolute atomic E-state index is 0. The highest BCUT2D eigenvalue weighted by Crippen LogP contribution is 2.33. The van der Waals surface area contributed by atoms with E-state index in [4.69, 9.17) is 73.8 Å². The third-order valence-corrected chi connectivity index (χ3v) is 31.3. The van der Waals surface area contributed by atoms with Gasteiger partial charge in [0.2, 0.25) is 0 Å². The quantitative estimate of drug-likeness (QED) is 0.0530. The van der Waals surface area contributed by atoms with Crippen LogP contribution in [0.4, 0.5) is 9.59 Å². The van der Waals surface area contributed by atoms with E-state index in [-0.39, 0.29) is 47.8 Å². The van der Waals surface area contributed by atoms with Gasteiger partial charge in [0, 0.05) is 0 Å². The molecular weight excluding hydrogens is 1180 g/mol. The first-order valence-electron chi connectivity index (χ1n) is 24.9. The van der Waals surface area contributed by atoms with E-state index >= 15 is 0 Å². The summed E-state index contributed by atoms with van der Waals surface area (Å²) in [6.45, 7) is 4.94. The Balaban J connectivity index is 0.000000268. The van der Waals surface area contributed by atoms with Crippen LogP contribution in [0.15, 0.2) is 212 Å². The van der Waals surface area contributed by atoms with Crippen molar-refractivity contribution in [3.8, 4) is 0 Å². The number of halogens is 5. The van der Waals surface area contributed by atoms with Gasteiger partial charge in [0.05, 0.1) is 26.3 Å². The normalized spacial score (nSPS) is 15.0. The van der Waals surface area contributed by atoms with Crippen molar-refractivity contribution in [1.82, 2.24) is 19.6 Å². The molecule has 0 saturated carbocycles. The maximum absolute atomic E-state index is 12.6. The van der Waals surface area contributed by atoms with E-state index in [0.717, 1.165) is 46.1 Å². The molecule has 2 saturated heterocycles. The molecular formula is C59H67Cl5N4O8Si4. The summed E-state index contributed by atoms with van der Waals surface area (Å²) >= 11 is 33.1. The van der Waals surface area contributed by atoms with Crippen LogP contribution in [0.25, 0.3) is 0 Å². The van der Waals surface area contributed by atoms with Crippen LogP contribution >= 0.6 is 55.4 Å². The van der Waals surface area contributed by atoms with Gasteiger partial charge >= 0.3 is 41.9 Å². The molecule has 2 N–H and O–H groups in total. The molecule has 0 aliphatic carbocycles. The molecule has 6 amide bonds. The monoisotopic (exact) mass is 1250 g/mol. The Kier molecular flexibility index (Phi) is 22.9. The zero-order valence-corrected chi connectivity index (χ0v) is 51.0. The summed E-state index contributed by atoms with van der Waals surface area (Å²) in [5, 5.41) is 24.6. The molecule has 0 atom stereocenters. The average Bonchev–Trinajstić information content (AvgIpc) is 3.78. The van der Waals surface area contributed by atoms with Crippen LogP contribution in [-0.2, 0) is 17.8 Å². The molecule has 422 valence electrons. The Bertz CT molecular complexity index is 2850. The van der Waals surface area contributed by atoms with E-state index in [1.807, 2.05) is 140 Å². The minimum atomic E-state index is -3.69. The van der Waals surface area contributed by atoms with Crippen molar-refractivity contribution in [2.75, 3.05) is 33.0 Å². The van der Waals surface area contributed by atoms with Gasteiger partial charge in [0.1, 0.15) is 17.7 Å². The van der Waals surface area contributed by atoms with Gasteiger partial charge in [-0.05, 0) is 64.0 Å². The molecule has 80 heavy (non-hydrogen) atoms. The predicted molar refractivity (Wildman–Crippen MR) is 336 cm³/mol. The minimum Gasteiger partial charge on any atom is -0.411 e. The van der Waals surface area contributed by atoms with Crippen molar-refractivity contribution in [2.24, 2.45) is 0 Å². The van der Waals surface area contributed by atoms with Crippen molar-refractivity contribution in [3.05, 3.63) is 212 Å². The van der Waals surface area contributed by atoms with E-state index in [2.05, 4.69) is 72.8 Å². The average molecular weight is 1250 g/mol. The number of hydrogen-bond acceptors (Lipinski definition) is 8. The second-order valence-corrected chi connectivity index (χ2v) is 39.4. The molecule has 0 spiro atoms. The topological polar surface area (TPSA) is 140 Å². The van der Waals surface area contributed by atoms with Gasteiger partial charge in [-0.15, -0.1) is 55.4 Å². The molecule has 7 aromatic carbocycles. The van der Waals surface area contributed by atoms with Gasteiger partial charge < -0.3 is 18.4 Å². The molecule has 2 aliphatic rings.